The molecule has 0 radical (unpaired) electrons. The SMILES string of the molecule is FC(F)(F)c1cccc(CNC2CCCc3occc32)c1. The number of rotatable bonds is 3. The highest BCUT2D eigenvalue weighted by Gasteiger charge is 2.30. The molecule has 1 unspecified atom stereocenters. The predicted octanol–water partition coefficient (Wildman–Crippen LogP) is 4.47. The van der Waals surface area contributed by atoms with E-state index in [4.69, 9.17) is 4.42 Å². The second-order valence-corrected chi connectivity index (χ2v) is 5.32. The zero-order valence-corrected chi connectivity index (χ0v) is 11.4. The van der Waals surface area contributed by atoms with Crippen LogP contribution in [0.4, 0.5) is 13.2 Å². The van der Waals surface area contributed by atoms with E-state index in [1.165, 1.54) is 12.1 Å². The first-order valence-electron chi connectivity index (χ1n) is 7.00. The van der Waals surface area contributed by atoms with Gasteiger partial charge in [0.15, 0.2) is 0 Å². The summed E-state index contributed by atoms with van der Waals surface area (Å²) >= 11 is 0. The van der Waals surface area contributed by atoms with Crippen molar-refractivity contribution in [1.29, 1.82) is 0 Å². The normalized spacial score (nSPS) is 18.5. The molecule has 2 aromatic rings. The van der Waals surface area contributed by atoms with Crippen LogP contribution in [0.1, 0.15) is 41.3 Å². The fraction of sp³-hybridized carbons (Fsp3) is 0.375. The molecular formula is C16H16F3NO. The summed E-state index contributed by atoms with van der Waals surface area (Å²) in [4.78, 5) is 0. The quantitative estimate of drug-likeness (QED) is 0.904. The summed E-state index contributed by atoms with van der Waals surface area (Å²) in [5.41, 5.74) is 1.17. The van der Waals surface area contributed by atoms with Gasteiger partial charge in [0, 0.05) is 24.6 Å². The maximum absolute atomic E-state index is 12.7. The highest BCUT2D eigenvalue weighted by Crippen LogP contribution is 2.32. The molecule has 0 saturated heterocycles. The smallest absolute Gasteiger partial charge is 0.416 e. The number of aryl methyl sites for hydroxylation is 1. The number of benzene rings is 1. The number of alkyl halides is 3. The largest absolute Gasteiger partial charge is 0.469 e. The fourth-order valence-corrected chi connectivity index (χ4v) is 2.80. The molecule has 112 valence electrons. The molecule has 3 rings (SSSR count). The summed E-state index contributed by atoms with van der Waals surface area (Å²) in [6, 6.07) is 7.55. The van der Waals surface area contributed by atoms with Crippen molar-refractivity contribution in [2.24, 2.45) is 0 Å². The van der Waals surface area contributed by atoms with Gasteiger partial charge in [-0.2, -0.15) is 13.2 Å². The predicted molar refractivity (Wildman–Crippen MR) is 72.7 cm³/mol. The Morgan fingerprint density at radius 2 is 2.10 bits per heavy atom. The van der Waals surface area contributed by atoms with Crippen molar-refractivity contribution >= 4 is 0 Å². The van der Waals surface area contributed by atoms with Crippen LogP contribution in [0.25, 0.3) is 0 Å². The standard InChI is InChI=1S/C16H16F3NO/c17-16(18,19)12-4-1-3-11(9-12)10-20-14-5-2-6-15-13(14)7-8-21-15/h1,3-4,7-9,14,20H,2,5-6,10H2. The minimum atomic E-state index is -4.29. The molecule has 0 bridgehead atoms. The Hall–Kier alpha value is -1.75. The Balaban J connectivity index is 1.69. The first-order valence-corrected chi connectivity index (χ1v) is 7.00. The van der Waals surface area contributed by atoms with Gasteiger partial charge in [0.1, 0.15) is 5.76 Å². The molecule has 21 heavy (non-hydrogen) atoms. The molecule has 1 aromatic heterocycles. The summed E-state index contributed by atoms with van der Waals surface area (Å²) in [7, 11) is 0. The Morgan fingerprint density at radius 1 is 1.24 bits per heavy atom. The third-order valence-corrected chi connectivity index (χ3v) is 3.86. The Bertz CT molecular complexity index is 618. The van der Waals surface area contributed by atoms with Crippen molar-refractivity contribution in [1.82, 2.24) is 5.32 Å². The van der Waals surface area contributed by atoms with Gasteiger partial charge in [-0.25, -0.2) is 0 Å². The number of furan rings is 1. The van der Waals surface area contributed by atoms with E-state index in [1.807, 2.05) is 6.07 Å². The third kappa shape index (κ3) is 3.13. The highest BCUT2D eigenvalue weighted by atomic mass is 19.4. The fourth-order valence-electron chi connectivity index (χ4n) is 2.80. The van der Waals surface area contributed by atoms with E-state index in [9.17, 15) is 13.2 Å². The molecule has 1 atom stereocenters. The highest BCUT2D eigenvalue weighted by molar-refractivity contribution is 5.27. The van der Waals surface area contributed by atoms with Crippen LogP contribution in [0.2, 0.25) is 0 Å². The molecule has 1 N–H and O–H groups in total. The van der Waals surface area contributed by atoms with Gasteiger partial charge in [0.25, 0.3) is 0 Å². The summed E-state index contributed by atoms with van der Waals surface area (Å²) < 4.78 is 43.5. The third-order valence-electron chi connectivity index (χ3n) is 3.86. The first kappa shape index (κ1) is 14.2. The lowest BCUT2D eigenvalue weighted by molar-refractivity contribution is -0.137. The van der Waals surface area contributed by atoms with Crippen molar-refractivity contribution in [3.8, 4) is 0 Å². The number of fused-ring (bicyclic) bond motifs is 1. The zero-order chi connectivity index (χ0) is 14.9. The van der Waals surface area contributed by atoms with Crippen LogP contribution in [0, 0.1) is 0 Å². The Kier molecular flexibility index (Phi) is 3.76. The van der Waals surface area contributed by atoms with Gasteiger partial charge in [-0.05, 0) is 30.5 Å². The van der Waals surface area contributed by atoms with Crippen molar-refractivity contribution < 1.29 is 17.6 Å². The zero-order valence-electron chi connectivity index (χ0n) is 11.4. The molecule has 1 aliphatic rings. The molecule has 0 spiro atoms. The average Bonchev–Trinajstić information content (AvgIpc) is 2.93. The van der Waals surface area contributed by atoms with Crippen molar-refractivity contribution in [3.05, 3.63) is 59.0 Å². The Labute approximate surface area is 121 Å². The van der Waals surface area contributed by atoms with Gasteiger partial charge < -0.3 is 9.73 Å². The molecule has 1 aromatic carbocycles. The van der Waals surface area contributed by atoms with Crippen LogP contribution in [0.3, 0.4) is 0 Å². The maximum Gasteiger partial charge on any atom is 0.416 e. The van der Waals surface area contributed by atoms with Crippen LogP contribution < -0.4 is 5.32 Å². The second kappa shape index (κ2) is 5.56. The minimum absolute atomic E-state index is 0.155. The van der Waals surface area contributed by atoms with E-state index in [0.29, 0.717) is 12.1 Å². The summed E-state index contributed by atoms with van der Waals surface area (Å²) in [5.74, 6) is 0.989. The monoisotopic (exact) mass is 295 g/mol. The van der Waals surface area contributed by atoms with Crippen molar-refractivity contribution in [3.63, 3.8) is 0 Å². The topological polar surface area (TPSA) is 25.2 Å². The van der Waals surface area contributed by atoms with Crippen LogP contribution >= 0.6 is 0 Å². The molecule has 0 aliphatic heterocycles. The molecule has 5 heteroatoms. The molecule has 0 fully saturated rings. The molecule has 1 heterocycles. The molecular weight excluding hydrogens is 279 g/mol. The summed E-state index contributed by atoms with van der Waals surface area (Å²) in [5, 5.41) is 3.33. The van der Waals surface area contributed by atoms with E-state index in [-0.39, 0.29) is 6.04 Å². The van der Waals surface area contributed by atoms with Crippen LogP contribution in [0.5, 0.6) is 0 Å². The summed E-state index contributed by atoms with van der Waals surface area (Å²) in [6.07, 6.45) is 0.323. The van der Waals surface area contributed by atoms with Gasteiger partial charge >= 0.3 is 6.18 Å². The van der Waals surface area contributed by atoms with Crippen molar-refractivity contribution in [2.45, 2.75) is 38.0 Å². The lowest BCUT2D eigenvalue weighted by Gasteiger charge is -2.23. The van der Waals surface area contributed by atoms with Crippen molar-refractivity contribution in [2.75, 3.05) is 0 Å². The molecule has 0 amide bonds. The van der Waals surface area contributed by atoms with Gasteiger partial charge in [-0.1, -0.05) is 18.2 Å². The second-order valence-electron chi connectivity index (χ2n) is 5.32. The van der Waals surface area contributed by atoms with Gasteiger partial charge in [0.2, 0.25) is 0 Å². The molecule has 1 aliphatic carbocycles. The summed E-state index contributed by atoms with van der Waals surface area (Å²) in [6.45, 7) is 0.416. The first-order chi connectivity index (χ1) is 10.0. The van der Waals surface area contributed by atoms with E-state index in [0.717, 1.165) is 36.7 Å². The molecule has 2 nitrogen and oxygen atoms in total. The number of hydrogen-bond acceptors (Lipinski definition) is 2. The number of halogens is 3. The van der Waals surface area contributed by atoms with E-state index < -0.39 is 11.7 Å². The van der Waals surface area contributed by atoms with Crippen LogP contribution in [-0.4, -0.2) is 0 Å². The minimum Gasteiger partial charge on any atom is -0.469 e. The van der Waals surface area contributed by atoms with E-state index >= 15 is 0 Å². The van der Waals surface area contributed by atoms with Gasteiger partial charge in [-0.15, -0.1) is 0 Å². The Morgan fingerprint density at radius 3 is 2.90 bits per heavy atom. The maximum atomic E-state index is 12.7. The van der Waals surface area contributed by atoms with Crippen LogP contribution in [0.15, 0.2) is 41.0 Å². The van der Waals surface area contributed by atoms with E-state index in [2.05, 4.69) is 5.32 Å². The van der Waals surface area contributed by atoms with Gasteiger partial charge in [-0.3, -0.25) is 0 Å². The number of hydrogen-bond donors (Lipinski definition) is 1. The number of nitrogens with one attached hydrogen (secondary N) is 1. The van der Waals surface area contributed by atoms with Crippen LogP contribution in [-0.2, 0) is 19.1 Å². The lowest BCUT2D eigenvalue weighted by atomic mass is 9.93. The van der Waals surface area contributed by atoms with Gasteiger partial charge in [0.05, 0.1) is 11.8 Å². The molecule has 0 saturated carbocycles. The lowest BCUT2D eigenvalue weighted by Crippen LogP contribution is -2.24. The van der Waals surface area contributed by atoms with E-state index in [1.54, 1.807) is 12.3 Å². The average molecular weight is 295 g/mol.